The van der Waals surface area contributed by atoms with E-state index in [0.717, 1.165) is 75.7 Å². The molecule has 0 aliphatic carbocycles. The molecule has 0 saturated heterocycles. The van der Waals surface area contributed by atoms with Crippen molar-refractivity contribution in [1.29, 1.82) is 0 Å². The van der Waals surface area contributed by atoms with E-state index in [4.69, 9.17) is 35.7 Å². The first-order chi connectivity index (χ1) is 25.2. The molecule has 9 rings (SSSR count). The number of nitrogens with zero attached hydrogens (tertiary/aromatic N) is 5. The van der Waals surface area contributed by atoms with Gasteiger partial charge in [0.25, 0.3) is 6.02 Å². The minimum Gasteiger partial charge on any atom is -0.462 e. The highest BCUT2D eigenvalue weighted by atomic mass is 127. The summed E-state index contributed by atoms with van der Waals surface area (Å²) in [5.41, 5.74) is 16.6. The number of rotatable bonds is 5. The van der Waals surface area contributed by atoms with Crippen molar-refractivity contribution in [3.63, 3.8) is 0 Å². The van der Waals surface area contributed by atoms with Crippen molar-refractivity contribution in [3.8, 4) is 34.4 Å². The molecule has 0 bridgehead atoms. The fourth-order valence-electron chi connectivity index (χ4n) is 6.53. The Kier molecular flexibility index (Phi) is 9.59. The molecule has 2 spiro atoms. The van der Waals surface area contributed by atoms with Gasteiger partial charge in [0.05, 0.1) is 5.56 Å². The summed E-state index contributed by atoms with van der Waals surface area (Å²) in [6, 6.07) is 20.5. The van der Waals surface area contributed by atoms with Crippen LogP contribution in [0.2, 0.25) is 0 Å². The van der Waals surface area contributed by atoms with Crippen LogP contribution in [-0.4, -0.2) is 44.3 Å². The number of fused-ring (bicyclic) bond motifs is 8. The van der Waals surface area contributed by atoms with Crippen molar-refractivity contribution in [2.75, 3.05) is 18.1 Å². The molecule has 0 radical (unpaired) electrons. The number of hydrogen-bond donors (Lipinski definition) is 2. The SMILES string of the molecule is CCC(C)CSc1cnc2c(c1)[C@]1(COC(N)=N1)c1cc(-c3cccnc3)ccc1O2.NC1=N[C@@]2(CS1)c1cc(I)ccc1Oc1ncc(Br)cc12. The van der Waals surface area contributed by atoms with E-state index >= 15 is 0 Å². The zero-order valence-corrected chi connectivity index (χ0v) is 33.6. The zero-order chi connectivity index (χ0) is 36.0. The lowest BCUT2D eigenvalue weighted by atomic mass is 9.81. The Morgan fingerprint density at radius 1 is 0.885 bits per heavy atom. The summed E-state index contributed by atoms with van der Waals surface area (Å²) in [4.78, 5) is 23.9. The van der Waals surface area contributed by atoms with Gasteiger partial charge in [-0.3, -0.25) is 4.98 Å². The second-order valence-corrected chi connectivity index (χ2v) is 17.1. The second-order valence-electron chi connectivity index (χ2n) is 12.8. The molecule has 3 atom stereocenters. The van der Waals surface area contributed by atoms with Crippen LogP contribution in [0.25, 0.3) is 11.1 Å². The van der Waals surface area contributed by atoms with Gasteiger partial charge in [-0.2, -0.15) is 0 Å². The lowest BCUT2D eigenvalue weighted by Gasteiger charge is -2.33. The molecular weight excluding hydrogens is 873 g/mol. The molecule has 52 heavy (non-hydrogen) atoms. The van der Waals surface area contributed by atoms with Crippen LogP contribution in [-0.2, 0) is 15.8 Å². The number of amidine groups is 2. The van der Waals surface area contributed by atoms with Crippen molar-refractivity contribution in [3.05, 3.63) is 116 Å². The predicted octanol–water partition coefficient (Wildman–Crippen LogP) is 8.84. The van der Waals surface area contributed by atoms with Crippen LogP contribution >= 0.6 is 62.0 Å². The zero-order valence-electron chi connectivity index (χ0n) is 28.2. The van der Waals surface area contributed by atoms with Gasteiger partial charge in [-0.1, -0.05) is 44.2 Å². The Labute approximate surface area is 332 Å². The summed E-state index contributed by atoms with van der Waals surface area (Å²) in [5, 5.41) is 0.604. The number of nitrogens with two attached hydrogens (primary N) is 2. The van der Waals surface area contributed by atoms with E-state index in [2.05, 4.69) is 85.5 Å². The number of aliphatic imine (C=N–C) groups is 2. The monoisotopic (exact) mass is 905 g/mol. The van der Waals surface area contributed by atoms with E-state index in [1.807, 2.05) is 54.9 Å². The number of halogens is 2. The van der Waals surface area contributed by atoms with Gasteiger partial charge in [-0.15, -0.1) is 11.8 Å². The van der Waals surface area contributed by atoms with Gasteiger partial charge in [0.1, 0.15) is 23.6 Å². The van der Waals surface area contributed by atoms with Gasteiger partial charge in [-0.25, -0.2) is 20.0 Å². The lowest BCUT2D eigenvalue weighted by Crippen LogP contribution is -2.31. The Bertz CT molecular complexity index is 2210. The molecule has 0 saturated carbocycles. The molecule has 1 unspecified atom stereocenters. The maximum Gasteiger partial charge on any atom is 0.283 e. The molecule has 3 aromatic heterocycles. The highest BCUT2D eigenvalue weighted by Crippen LogP contribution is 2.54. The number of pyridine rings is 3. The third-order valence-electron chi connectivity index (χ3n) is 9.45. The standard InChI is InChI=1S/C24H24N4O2S.C14H9BrIN3OS/c1-3-15(2)13-31-18-10-20-22(27-12-18)30-21-7-6-16(17-5-4-8-26-11-17)9-19(21)24(20)14-29-23(25)28-24;15-7-3-10-12(18-5-7)20-11-2-1-8(16)4-9(11)14(10)6-21-13(17)19-14/h4-12,15H,3,13-14H2,1-2H3,(H2,25,28);1-5H,6H2,(H2,17,19)/t15?,24-;14-/m00/s1. The molecule has 10 nitrogen and oxygen atoms in total. The number of hydrogen-bond acceptors (Lipinski definition) is 12. The summed E-state index contributed by atoms with van der Waals surface area (Å²) in [7, 11) is 0. The molecule has 5 aromatic rings. The van der Waals surface area contributed by atoms with E-state index in [1.54, 1.807) is 35.9 Å². The van der Waals surface area contributed by atoms with Gasteiger partial charge in [0.15, 0.2) is 10.7 Å². The molecule has 14 heteroatoms. The van der Waals surface area contributed by atoms with Crippen LogP contribution in [0.4, 0.5) is 0 Å². The van der Waals surface area contributed by atoms with Crippen LogP contribution in [0.3, 0.4) is 0 Å². The molecule has 2 aromatic carbocycles. The molecule has 4 N–H and O–H groups in total. The largest absolute Gasteiger partial charge is 0.462 e. The molecule has 0 amide bonds. The van der Waals surface area contributed by atoms with E-state index in [-0.39, 0.29) is 6.02 Å². The Morgan fingerprint density at radius 3 is 2.33 bits per heavy atom. The topological polar surface area (TPSA) is 143 Å². The minimum atomic E-state index is -0.773. The minimum absolute atomic E-state index is 0.184. The van der Waals surface area contributed by atoms with Crippen molar-refractivity contribution in [1.82, 2.24) is 15.0 Å². The number of aromatic nitrogens is 3. The summed E-state index contributed by atoms with van der Waals surface area (Å²) >= 11 is 9.16. The summed E-state index contributed by atoms with van der Waals surface area (Å²) in [6.07, 6.45) is 8.37. The third kappa shape index (κ3) is 6.41. The van der Waals surface area contributed by atoms with Crippen molar-refractivity contribution in [2.45, 2.75) is 36.2 Å². The number of ether oxygens (including phenoxy) is 3. The molecule has 4 aliphatic rings. The fraction of sp³-hybridized carbons (Fsp3) is 0.237. The van der Waals surface area contributed by atoms with Gasteiger partial charge in [-0.05, 0) is 98.5 Å². The second kappa shape index (κ2) is 14.2. The molecular formula is C38H33BrIN7O3S2. The van der Waals surface area contributed by atoms with Crippen molar-refractivity contribution >= 4 is 73.2 Å². The third-order valence-corrected chi connectivity index (χ3v) is 12.8. The van der Waals surface area contributed by atoms with Crippen molar-refractivity contribution < 1.29 is 14.2 Å². The smallest absolute Gasteiger partial charge is 0.283 e. The van der Waals surface area contributed by atoms with Crippen LogP contribution in [0, 0.1) is 9.49 Å². The van der Waals surface area contributed by atoms with Crippen LogP contribution in [0.15, 0.2) is 105 Å². The normalized spacial score (nSPS) is 20.8. The van der Waals surface area contributed by atoms with E-state index in [0.29, 0.717) is 29.5 Å². The Balaban J connectivity index is 0.000000160. The predicted molar refractivity (Wildman–Crippen MR) is 219 cm³/mol. The van der Waals surface area contributed by atoms with E-state index < -0.39 is 11.1 Å². The molecule has 7 heterocycles. The van der Waals surface area contributed by atoms with Crippen LogP contribution < -0.4 is 20.9 Å². The quantitative estimate of drug-likeness (QED) is 0.130. The maximum absolute atomic E-state index is 6.19. The molecule has 264 valence electrons. The Morgan fingerprint density at radius 2 is 1.63 bits per heavy atom. The number of thioether (sulfide) groups is 2. The Hall–Kier alpha value is -3.86. The average molecular weight is 907 g/mol. The fourth-order valence-corrected chi connectivity index (χ4v) is 9.35. The maximum atomic E-state index is 6.19. The van der Waals surface area contributed by atoms with Gasteiger partial charge >= 0.3 is 0 Å². The highest BCUT2D eigenvalue weighted by molar-refractivity contribution is 14.1. The first-order valence-electron chi connectivity index (χ1n) is 16.6. The summed E-state index contributed by atoms with van der Waals surface area (Å²) in [6.45, 7) is 4.79. The lowest BCUT2D eigenvalue weighted by molar-refractivity contribution is 0.262. The first-order valence-corrected chi connectivity index (χ1v) is 20.5. The average Bonchev–Trinajstić information content (AvgIpc) is 3.75. The van der Waals surface area contributed by atoms with E-state index in [9.17, 15) is 0 Å². The summed E-state index contributed by atoms with van der Waals surface area (Å²) in [5.74, 6) is 5.11. The first kappa shape index (κ1) is 35.2. The number of benzene rings is 2. The van der Waals surface area contributed by atoms with Crippen molar-refractivity contribution in [2.24, 2.45) is 27.4 Å². The van der Waals surface area contributed by atoms with Gasteiger partial charge < -0.3 is 25.7 Å². The molecule has 0 fully saturated rings. The van der Waals surface area contributed by atoms with E-state index in [1.165, 1.54) is 0 Å². The van der Waals surface area contributed by atoms with Gasteiger partial charge in [0.2, 0.25) is 11.8 Å². The van der Waals surface area contributed by atoms with Crippen LogP contribution in [0.5, 0.6) is 23.3 Å². The molecule has 4 aliphatic heterocycles. The van der Waals surface area contributed by atoms with Crippen LogP contribution in [0.1, 0.15) is 42.5 Å². The van der Waals surface area contributed by atoms with Gasteiger partial charge in [0, 0.05) is 71.5 Å². The summed E-state index contributed by atoms with van der Waals surface area (Å²) < 4.78 is 19.9. The highest BCUT2D eigenvalue weighted by Gasteiger charge is 2.48.